The molecular formula is C35H54N2O6. The molecule has 3 atom stereocenters. The number of hydroxylamine groups is 1. The maximum atomic E-state index is 12.4. The number of esters is 1. The summed E-state index contributed by atoms with van der Waals surface area (Å²) in [5.41, 5.74) is 3.36. The van der Waals surface area contributed by atoms with E-state index in [0.717, 1.165) is 63.2 Å². The van der Waals surface area contributed by atoms with E-state index in [1.807, 2.05) is 18.2 Å². The van der Waals surface area contributed by atoms with Gasteiger partial charge in [0.05, 0.1) is 13.2 Å². The quantitative estimate of drug-likeness (QED) is 0.108. The molecule has 0 aromatic heterocycles. The van der Waals surface area contributed by atoms with Gasteiger partial charge in [0.25, 0.3) is 0 Å². The third kappa shape index (κ3) is 12.5. The van der Waals surface area contributed by atoms with E-state index in [1.54, 1.807) is 6.07 Å². The fraction of sp³-hybridized carbons (Fsp3) is 0.743. The maximum absolute atomic E-state index is 12.4. The van der Waals surface area contributed by atoms with Crippen LogP contribution in [0.3, 0.4) is 0 Å². The summed E-state index contributed by atoms with van der Waals surface area (Å²) in [5, 5.41) is 2.94. The van der Waals surface area contributed by atoms with Crippen molar-refractivity contribution in [3.05, 3.63) is 24.3 Å². The molecule has 43 heavy (non-hydrogen) atoms. The summed E-state index contributed by atoms with van der Waals surface area (Å²) in [6.07, 6.45) is 20.4. The van der Waals surface area contributed by atoms with Gasteiger partial charge < -0.3 is 14.8 Å². The minimum absolute atomic E-state index is 0.0314. The SMILES string of the molecule is O=C(CCCCCCC(=O)Nc1cccc(OCCCC(=O)OC2CCCC2)c1)NOCC1C[C@H]2CCCCCCCC12. The molecule has 3 fully saturated rings. The first-order chi connectivity index (χ1) is 21.1. The number of hydrogen-bond donors (Lipinski definition) is 2. The molecule has 1 aromatic rings. The van der Waals surface area contributed by atoms with E-state index in [9.17, 15) is 14.4 Å². The second kappa shape index (κ2) is 18.9. The molecular weight excluding hydrogens is 544 g/mol. The summed E-state index contributed by atoms with van der Waals surface area (Å²) in [6, 6.07) is 7.33. The van der Waals surface area contributed by atoms with Crippen LogP contribution in [0.2, 0.25) is 0 Å². The van der Waals surface area contributed by atoms with Gasteiger partial charge in [-0.3, -0.25) is 19.2 Å². The van der Waals surface area contributed by atoms with E-state index in [-0.39, 0.29) is 23.9 Å². The minimum Gasteiger partial charge on any atom is -0.494 e. The van der Waals surface area contributed by atoms with Crippen LogP contribution >= 0.6 is 0 Å². The fourth-order valence-electron chi connectivity index (χ4n) is 6.99. The highest BCUT2D eigenvalue weighted by Crippen LogP contribution is 2.47. The fourth-order valence-corrected chi connectivity index (χ4v) is 6.99. The lowest BCUT2D eigenvalue weighted by molar-refractivity contribution is -0.149. The highest BCUT2D eigenvalue weighted by molar-refractivity contribution is 5.90. The molecule has 3 aliphatic rings. The van der Waals surface area contributed by atoms with Crippen LogP contribution in [0.5, 0.6) is 5.75 Å². The van der Waals surface area contributed by atoms with Crippen LogP contribution < -0.4 is 15.5 Å². The number of hydrogen-bond acceptors (Lipinski definition) is 6. The minimum atomic E-state index is -0.147. The highest BCUT2D eigenvalue weighted by Gasteiger charge is 2.40. The number of amides is 2. The lowest BCUT2D eigenvalue weighted by atomic mass is 9.62. The van der Waals surface area contributed by atoms with Gasteiger partial charge in [0.15, 0.2) is 0 Å². The summed E-state index contributed by atoms with van der Waals surface area (Å²) in [6.45, 7) is 1.07. The average molecular weight is 599 g/mol. The summed E-state index contributed by atoms with van der Waals surface area (Å²) in [7, 11) is 0. The number of rotatable bonds is 17. The zero-order valence-electron chi connectivity index (χ0n) is 26.1. The molecule has 0 radical (unpaired) electrons. The van der Waals surface area contributed by atoms with Crippen LogP contribution in [0.15, 0.2) is 24.3 Å². The Morgan fingerprint density at radius 2 is 1.49 bits per heavy atom. The molecule has 0 aliphatic heterocycles. The zero-order chi connectivity index (χ0) is 30.1. The normalized spacial score (nSPS) is 22.3. The van der Waals surface area contributed by atoms with E-state index >= 15 is 0 Å². The molecule has 3 aliphatic carbocycles. The molecule has 3 saturated carbocycles. The Hall–Kier alpha value is -2.61. The lowest BCUT2D eigenvalue weighted by Gasteiger charge is -2.45. The van der Waals surface area contributed by atoms with Crippen LogP contribution in [-0.2, 0) is 24.0 Å². The number of ether oxygens (including phenoxy) is 2. The predicted octanol–water partition coefficient (Wildman–Crippen LogP) is 7.65. The Labute approximate surface area is 258 Å². The first-order valence-electron chi connectivity index (χ1n) is 17.2. The second-order valence-corrected chi connectivity index (χ2v) is 12.9. The van der Waals surface area contributed by atoms with E-state index in [4.69, 9.17) is 14.3 Å². The Bertz CT molecular complexity index is 994. The van der Waals surface area contributed by atoms with Gasteiger partial charge >= 0.3 is 5.97 Å². The standard InChI is InChI=1S/C35H54N2O6/c38-33(36-29-15-12-18-31(25-29)41-23-13-22-35(40)43-30-16-10-11-17-30)20-8-4-5-9-21-34(39)37-42-26-28-24-27-14-6-2-1-3-7-19-32(27)28/h12,15,18,25,27-28,30,32H,1-11,13-14,16-17,19-24,26H2,(H,36,38)(H,37,39)/t27-,28?,32?/m1/s1. The van der Waals surface area contributed by atoms with Crippen molar-refractivity contribution in [3.8, 4) is 5.75 Å². The smallest absolute Gasteiger partial charge is 0.306 e. The zero-order valence-corrected chi connectivity index (χ0v) is 26.1. The topological polar surface area (TPSA) is 103 Å². The molecule has 8 heteroatoms. The Morgan fingerprint density at radius 1 is 0.767 bits per heavy atom. The molecule has 0 saturated heterocycles. The van der Waals surface area contributed by atoms with Gasteiger partial charge in [0, 0.05) is 31.0 Å². The van der Waals surface area contributed by atoms with Crippen LogP contribution in [0, 0.1) is 17.8 Å². The molecule has 0 heterocycles. The van der Waals surface area contributed by atoms with Crippen molar-refractivity contribution in [2.45, 2.75) is 135 Å². The van der Waals surface area contributed by atoms with Gasteiger partial charge in [0.2, 0.25) is 11.8 Å². The van der Waals surface area contributed by atoms with E-state index < -0.39 is 0 Å². The number of fused-ring (bicyclic) bond motifs is 1. The van der Waals surface area contributed by atoms with Crippen molar-refractivity contribution >= 4 is 23.5 Å². The van der Waals surface area contributed by atoms with Crippen LogP contribution in [0.1, 0.15) is 128 Å². The predicted molar refractivity (Wildman–Crippen MR) is 167 cm³/mol. The number of carbonyl (C=O) groups excluding carboxylic acids is 3. The van der Waals surface area contributed by atoms with Crippen molar-refractivity contribution in [3.63, 3.8) is 0 Å². The highest BCUT2D eigenvalue weighted by atomic mass is 16.7. The number of carbonyl (C=O) groups is 3. The van der Waals surface area contributed by atoms with Crippen LogP contribution in [0.4, 0.5) is 5.69 Å². The molecule has 2 unspecified atom stereocenters. The molecule has 0 bridgehead atoms. The second-order valence-electron chi connectivity index (χ2n) is 12.9. The largest absolute Gasteiger partial charge is 0.494 e. The Kier molecular flexibility index (Phi) is 14.6. The number of benzene rings is 1. The molecule has 1 aromatic carbocycles. The molecule has 0 spiro atoms. The van der Waals surface area contributed by atoms with Gasteiger partial charge in [-0.2, -0.15) is 0 Å². The summed E-state index contributed by atoms with van der Waals surface area (Å²) >= 11 is 0. The van der Waals surface area contributed by atoms with Crippen molar-refractivity contribution in [1.82, 2.24) is 5.48 Å². The Balaban J connectivity index is 0.978. The molecule has 4 rings (SSSR count). The maximum Gasteiger partial charge on any atom is 0.306 e. The monoisotopic (exact) mass is 598 g/mol. The molecule has 2 amide bonds. The van der Waals surface area contributed by atoms with Crippen molar-refractivity contribution < 1.29 is 28.7 Å². The molecule has 8 nitrogen and oxygen atoms in total. The van der Waals surface area contributed by atoms with Gasteiger partial charge in [-0.15, -0.1) is 0 Å². The summed E-state index contributed by atoms with van der Waals surface area (Å²) < 4.78 is 11.2. The van der Waals surface area contributed by atoms with E-state index in [2.05, 4.69) is 10.8 Å². The van der Waals surface area contributed by atoms with Crippen molar-refractivity contribution in [2.24, 2.45) is 17.8 Å². The molecule has 2 N–H and O–H groups in total. The first-order valence-corrected chi connectivity index (χ1v) is 17.2. The molecule has 240 valence electrons. The lowest BCUT2D eigenvalue weighted by Crippen LogP contribution is -2.41. The van der Waals surface area contributed by atoms with Gasteiger partial charge in [0.1, 0.15) is 11.9 Å². The van der Waals surface area contributed by atoms with Gasteiger partial charge in [-0.1, -0.05) is 57.4 Å². The Morgan fingerprint density at radius 3 is 2.30 bits per heavy atom. The van der Waals surface area contributed by atoms with Crippen LogP contribution in [0.25, 0.3) is 0 Å². The average Bonchev–Trinajstić information content (AvgIpc) is 3.52. The number of anilines is 1. The number of unbranched alkanes of at least 4 members (excludes halogenated alkanes) is 3. The third-order valence-corrected chi connectivity index (χ3v) is 9.48. The van der Waals surface area contributed by atoms with Gasteiger partial charge in [-0.05, 0) is 87.7 Å². The number of nitrogens with one attached hydrogen (secondary N) is 2. The first kappa shape index (κ1) is 33.3. The van der Waals surface area contributed by atoms with Crippen LogP contribution in [-0.4, -0.2) is 37.1 Å². The third-order valence-electron chi connectivity index (χ3n) is 9.48. The van der Waals surface area contributed by atoms with E-state index in [1.165, 1.54) is 51.4 Å². The van der Waals surface area contributed by atoms with Crippen molar-refractivity contribution in [1.29, 1.82) is 0 Å². The van der Waals surface area contributed by atoms with E-state index in [0.29, 0.717) is 56.3 Å². The summed E-state index contributed by atoms with van der Waals surface area (Å²) in [4.78, 5) is 42.1. The summed E-state index contributed by atoms with van der Waals surface area (Å²) in [5.74, 6) is 2.71. The van der Waals surface area contributed by atoms with Crippen molar-refractivity contribution in [2.75, 3.05) is 18.5 Å². The van der Waals surface area contributed by atoms with Gasteiger partial charge in [-0.25, -0.2) is 5.48 Å².